The highest BCUT2D eigenvalue weighted by Crippen LogP contribution is 2.28. The van der Waals surface area contributed by atoms with Crippen LogP contribution in [0.25, 0.3) is 11.0 Å². The quantitative estimate of drug-likeness (QED) is 0.591. The fourth-order valence-electron chi connectivity index (χ4n) is 3.16. The minimum absolute atomic E-state index is 0.539. The van der Waals surface area contributed by atoms with Gasteiger partial charge in [0, 0.05) is 23.9 Å². The lowest BCUT2D eigenvalue weighted by Crippen LogP contribution is -2.38. The minimum Gasteiger partial charge on any atom is -0.493 e. The van der Waals surface area contributed by atoms with E-state index in [-0.39, 0.29) is 0 Å². The van der Waals surface area contributed by atoms with Crippen molar-refractivity contribution >= 4 is 22.8 Å². The molecule has 1 aliphatic rings. The molecule has 1 fully saturated rings. The third kappa shape index (κ3) is 4.48. The Hall–Kier alpha value is -2.09. The average molecular weight is 400 g/mol. The molecule has 1 aliphatic heterocycles. The minimum atomic E-state index is -0.543. The van der Waals surface area contributed by atoms with Crippen LogP contribution in [0.15, 0.2) is 41.7 Å². The van der Waals surface area contributed by atoms with Crippen LogP contribution in [0.3, 0.4) is 0 Å². The van der Waals surface area contributed by atoms with Crippen LogP contribution in [0.2, 0.25) is 0 Å². The predicted octanol–water partition coefficient (Wildman–Crippen LogP) is 4.48. The van der Waals surface area contributed by atoms with E-state index in [1.807, 2.05) is 44.2 Å². The Bertz CT molecular complexity index is 905. The molecule has 0 spiro atoms. The molecule has 4 rings (SSSR count). The summed E-state index contributed by atoms with van der Waals surface area (Å²) in [6, 6.07) is 9.95. The molecular weight excluding hydrogens is 374 g/mol. The zero-order chi connectivity index (χ0) is 19.4. The maximum atomic E-state index is 6.01. The molecule has 3 aromatic rings. The van der Waals surface area contributed by atoms with Crippen molar-refractivity contribution in [1.29, 1.82) is 0 Å². The SMILES string of the molecule is Cc1c(OCCC2(C)OCCCO2)ccnc1CSc1nc2ccccc2[nH]1. The number of ether oxygens (including phenoxy) is 3. The number of fused-ring (bicyclic) bond motifs is 1. The third-order valence-corrected chi connectivity index (χ3v) is 5.77. The third-order valence-electron chi connectivity index (χ3n) is 4.89. The Morgan fingerprint density at radius 2 is 2.04 bits per heavy atom. The standard InChI is InChI=1S/C21H25N3O3S/c1-15-18(14-28-20-23-16-6-3-4-7-17(16)24-20)22-10-8-19(15)25-13-9-21(2)26-11-5-12-27-21/h3-4,6-8,10H,5,9,11-14H2,1-2H3,(H,23,24). The summed E-state index contributed by atoms with van der Waals surface area (Å²) in [6.07, 6.45) is 3.44. The molecule has 0 bridgehead atoms. The van der Waals surface area contributed by atoms with Crippen LogP contribution < -0.4 is 4.74 Å². The second-order valence-electron chi connectivity index (χ2n) is 7.01. The van der Waals surface area contributed by atoms with Gasteiger partial charge in [-0.15, -0.1) is 0 Å². The van der Waals surface area contributed by atoms with Crippen LogP contribution in [0.4, 0.5) is 0 Å². The normalized spacial score (nSPS) is 16.4. The van der Waals surface area contributed by atoms with E-state index in [0.29, 0.717) is 13.0 Å². The summed E-state index contributed by atoms with van der Waals surface area (Å²) in [5.41, 5.74) is 4.08. The highest BCUT2D eigenvalue weighted by molar-refractivity contribution is 7.98. The monoisotopic (exact) mass is 399 g/mol. The van der Waals surface area contributed by atoms with Crippen molar-refractivity contribution in [3.05, 3.63) is 47.8 Å². The van der Waals surface area contributed by atoms with Gasteiger partial charge in [0.15, 0.2) is 10.9 Å². The number of hydrogen-bond donors (Lipinski definition) is 1. The number of rotatable bonds is 7. The van der Waals surface area contributed by atoms with Gasteiger partial charge in [-0.1, -0.05) is 23.9 Å². The van der Waals surface area contributed by atoms with E-state index in [9.17, 15) is 0 Å². The number of nitrogens with zero attached hydrogens (tertiary/aromatic N) is 2. The number of H-pyrrole nitrogens is 1. The fraction of sp³-hybridized carbons (Fsp3) is 0.429. The van der Waals surface area contributed by atoms with Crippen molar-refractivity contribution in [2.75, 3.05) is 19.8 Å². The maximum absolute atomic E-state index is 6.01. The first kappa shape index (κ1) is 19.2. The van der Waals surface area contributed by atoms with Gasteiger partial charge in [0.1, 0.15) is 5.75 Å². The van der Waals surface area contributed by atoms with Gasteiger partial charge in [-0.3, -0.25) is 4.98 Å². The van der Waals surface area contributed by atoms with Crippen LogP contribution in [-0.2, 0) is 15.2 Å². The number of nitrogens with one attached hydrogen (secondary N) is 1. The maximum Gasteiger partial charge on any atom is 0.168 e. The Morgan fingerprint density at radius 1 is 1.21 bits per heavy atom. The van der Waals surface area contributed by atoms with Crippen molar-refractivity contribution in [2.24, 2.45) is 0 Å². The zero-order valence-electron chi connectivity index (χ0n) is 16.2. The molecule has 6 nitrogen and oxygen atoms in total. The van der Waals surface area contributed by atoms with Gasteiger partial charge in [-0.05, 0) is 38.5 Å². The Kier molecular flexibility index (Phi) is 5.85. The van der Waals surface area contributed by atoms with Crippen LogP contribution >= 0.6 is 11.8 Å². The largest absolute Gasteiger partial charge is 0.493 e. The molecule has 0 radical (unpaired) electrons. The number of imidazole rings is 1. The van der Waals surface area contributed by atoms with E-state index in [1.54, 1.807) is 18.0 Å². The molecule has 1 aromatic carbocycles. The first-order chi connectivity index (χ1) is 13.6. The Labute approximate surface area is 169 Å². The van der Waals surface area contributed by atoms with Gasteiger partial charge >= 0.3 is 0 Å². The highest BCUT2D eigenvalue weighted by atomic mass is 32.2. The molecule has 0 aliphatic carbocycles. The molecule has 3 heterocycles. The molecule has 7 heteroatoms. The van der Waals surface area contributed by atoms with Gasteiger partial charge in [-0.25, -0.2) is 4.98 Å². The number of pyridine rings is 1. The number of aromatic amines is 1. The molecule has 0 unspecified atom stereocenters. The second kappa shape index (κ2) is 8.51. The summed E-state index contributed by atoms with van der Waals surface area (Å²) in [6.45, 7) is 6.05. The van der Waals surface area contributed by atoms with Gasteiger partial charge in [0.05, 0.1) is 36.5 Å². The molecule has 28 heavy (non-hydrogen) atoms. The predicted molar refractivity (Wildman–Crippen MR) is 110 cm³/mol. The highest BCUT2D eigenvalue weighted by Gasteiger charge is 2.28. The topological polar surface area (TPSA) is 69.3 Å². The van der Waals surface area contributed by atoms with Gasteiger partial charge in [0.2, 0.25) is 0 Å². The van der Waals surface area contributed by atoms with Crippen LogP contribution in [0.1, 0.15) is 31.0 Å². The van der Waals surface area contributed by atoms with Crippen LogP contribution in [0, 0.1) is 6.92 Å². The van der Waals surface area contributed by atoms with E-state index in [2.05, 4.69) is 15.0 Å². The van der Waals surface area contributed by atoms with Gasteiger partial charge < -0.3 is 19.2 Å². The van der Waals surface area contributed by atoms with Crippen molar-refractivity contribution in [3.63, 3.8) is 0 Å². The number of benzene rings is 1. The lowest BCUT2D eigenvalue weighted by molar-refractivity contribution is -0.260. The molecule has 0 amide bonds. The Morgan fingerprint density at radius 3 is 2.86 bits per heavy atom. The number of hydrogen-bond acceptors (Lipinski definition) is 6. The first-order valence-corrected chi connectivity index (χ1v) is 10.5. The Balaban J connectivity index is 1.36. The van der Waals surface area contributed by atoms with Crippen molar-refractivity contribution < 1.29 is 14.2 Å². The zero-order valence-corrected chi connectivity index (χ0v) is 17.1. The summed E-state index contributed by atoms with van der Waals surface area (Å²) in [4.78, 5) is 12.5. The molecule has 0 saturated carbocycles. The van der Waals surface area contributed by atoms with E-state index in [4.69, 9.17) is 14.2 Å². The molecule has 1 saturated heterocycles. The first-order valence-electron chi connectivity index (χ1n) is 9.56. The van der Waals surface area contributed by atoms with Crippen molar-refractivity contribution in [2.45, 2.75) is 43.4 Å². The lowest BCUT2D eigenvalue weighted by Gasteiger charge is -2.33. The molecule has 148 valence electrons. The molecule has 2 aromatic heterocycles. The average Bonchev–Trinajstić information content (AvgIpc) is 3.12. The van der Waals surface area contributed by atoms with E-state index >= 15 is 0 Å². The summed E-state index contributed by atoms with van der Waals surface area (Å²) < 4.78 is 17.5. The second-order valence-corrected chi connectivity index (χ2v) is 7.98. The number of para-hydroxylation sites is 2. The van der Waals surface area contributed by atoms with Crippen molar-refractivity contribution in [1.82, 2.24) is 15.0 Å². The van der Waals surface area contributed by atoms with Gasteiger partial charge in [-0.2, -0.15) is 0 Å². The summed E-state index contributed by atoms with van der Waals surface area (Å²) in [5.74, 6) is 1.04. The lowest BCUT2D eigenvalue weighted by atomic mass is 10.2. The summed E-state index contributed by atoms with van der Waals surface area (Å²) in [5, 5.41) is 0.897. The number of aromatic nitrogens is 3. The molecular formula is C21H25N3O3S. The summed E-state index contributed by atoms with van der Waals surface area (Å²) >= 11 is 1.64. The van der Waals surface area contributed by atoms with Crippen molar-refractivity contribution in [3.8, 4) is 5.75 Å². The van der Waals surface area contributed by atoms with Gasteiger partial charge in [0.25, 0.3) is 0 Å². The van der Waals surface area contributed by atoms with E-state index in [1.165, 1.54) is 0 Å². The van der Waals surface area contributed by atoms with Crippen LogP contribution in [-0.4, -0.2) is 40.6 Å². The molecule has 1 N–H and O–H groups in total. The fourth-order valence-corrected chi connectivity index (χ4v) is 4.07. The van der Waals surface area contributed by atoms with Crippen LogP contribution in [0.5, 0.6) is 5.75 Å². The van der Waals surface area contributed by atoms with E-state index < -0.39 is 5.79 Å². The summed E-state index contributed by atoms with van der Waals surface area (Å²) in [7, 11) is 0. The molecule has 0 atom stereocenters. The van der Waals surface area contributed by atoms with E-state index in [0.717, 1.165) is 58.6 Å². The smallest absolute Gasteiger partial charge is 0.168 e. The number of thioether (sulfide) groups is 1.